The average Bonchev–Trinajstić information content (AvgIpc) is 2.53. The topological polar surface area (TPSA) is 86.4 Å². The van der Waals surface area contributed by atoms with Gasteiger partial charge in [0.25, 0.3) is 5.91 Å². The summed E-state index contributed by atoms with van der Waals surface area (Å²) >= 11 is 0. The molecule has 0 atom stereocenters. The molecule has 114 valence electrons. The van der Waals surface area contributed by atoms with Gasteiger partial charge in [0.1, 0.15) is 13.1 Å². The van der Waals surface area contributed by atoms with Crippen molar-refractivity contribution in [2.45, 2.75) is 6.42 Å². The van der Waals surface area contributed by atoms with Crippen molar-refractivity contribution in [3.05, 3.63) is 36.4 Å². The fourth-order valence-corrected chi connectivity index (χ4v) is 1.76. The van der Waals surface area contributed by atoms with Gasteiger partial charge >= 0.3 is 0 Å². The maximum absolute atomic E-state index is 11.9. The molecule has 1 amide bonds. The van der Waals surface area contributed by atoms with Crippen molar-refractivity contribution in [1.29, 1.82) is 10.5 Å². The number of amides is 1. The largest absolute Gasteiger partial charge is 0.493 e. The quantitative estimate of drug-likeness (QED) is 0.538. The van der Waals surface area contributed by atoms with E-state index in [4.69, 9.17) is 20.0 Å². The molecule has 1 rings (SSSR count). The molecule has 0 aliphatic heterocycles. The molecule has 6 heteroatoms. The molecule has 1 aromatic rings. The summed E-state index contributed by atoms with van der Waals surface area (Å²) in [4.78, 5) is 13.0. The van der Waals surface area contributed by atoms with Crippen molar-refractivity contribution >= 4 is 5.91 Å². The van der Waals surface area contributed by atoms with Gasteiger partial charge in [0, 0.05) is 0 Å². The molecule has 0 saturated heterocycles. The van der Waals surface area contributed by atoms with Crippen molar-refractivity contribution in [3.63, 3.8) is 0 Å². The van der Waals surface area contributed by atoms with Crippen molar-refractivity contribution in [1.82, 2.24) is 4.90 Å². The molecule has 1 aromatic carbocycles. The molecule has 0 saturated carbocycles. The van der Waals surface area contributed by atoms with E-state index in [-0.39, 0.29) is 19.7 Å². The van der Waals surface area contributed by atoms with E-state index < -0.39 is 5.91 Å². The zero-order chi connectivity index (χ0) is 16.4. The highest BCUT2D eigenvalue weighted by Gasteiger charge is 2.15. The van der Waals surface area contributed by atoms with Gasteiger partial charge in [-0.1, -0.05) is 12.1 Å². The summed E-state index contributed by atoms with van der Waals surface area (Å²) in [5, 5.41) is 17.3. The lowest BCUT2D eigenvalue weighted by Gasteiger charge is -2.17. The third-order valence-electron chi connectivity index (χ3n) is 2.84. The molecule has 0 aliphatic rings. The molecule has 0 heterocycles. The minimum absolute atomic E-state index is 0.148. The number of nitrogens with zero attached hydrogens (tertiary/aromatic N) is 3. The van der Waals surface area contributed by atoms with Crippen LogP contribution in [0.3, 0.4) is 0 Å². The smallest absolute Gasteiger partial charge is 0.262 e. The van der Waals surface area contributed by atoms with Crippen LogP contribution in [-0.4, -0.2) is 37.6 Å². The molecule has 0 bridgehead atoms. The van der Waals surface area contributed by atoms with E-state index in [9.17, 15) is 4.79 Å². The molecule has 0 radical (unpaired) electrons. The van der Waals surface area contributed by atoms with Crippen LogP contribution >= 0.6 is 0 Å². The zero-order valence-corrected chi connectivity index (χ0v) is 12.4. The standard InChI is InChI=1S/C16H17N3O3/c1-3-4-13-5-6-14(15(11-13)21-2)22-12-16(20)19(9-7-17)10-8-18/h3,5-6,11H,1,4,9-10,12H2,2H3. The molecular weight excluding hydrogens is 282 g/mol. The second-order valence-electron chi connectivity index (χ2n) is 4.33. The number of benzene rings is 1. The highest BCUT2D eigenvalue weighted by Crippen LogP contribution is 2.28. The number of carbonyl (C=O) groups is 1. The van der Waals surface area contributed by atoms with E-state index in [0.29, 0.717) is 17.9 Å². The monoisotopic (exact) mass is 299 g/mol. The summed E-state index contributed by atoms with van der Waals surface area (Å²) < 4.78 is 10.7. The Balaban J connectivity index is 2.74. The number of ether oxygens (including phenoxy) is 2. The minimum atomic E-state index is -0.430. The normalized spacial score (nSPS) is 9.23. The third-order valence-corrected chi connectivity index (χ3v) is 2.84. The first-order valence-electron chi connectivity index (χ1n) is 6.58. The molecule has 22 heavy (non-hydrogen) atoms. The molecule has 0 aromatic heterocycles. The Morgan fingerprint density at radius 2 is 2.00 bits per heavy atom. The number of nitriles is 2. The Morgan fingerprint density at radius 3 is 2.55 bits per heavy atom. The number of hydrogen-bond donors (Lipinski definition) is 0. The Bertz CT molecular complexity index is 598. The zero-order valence-electron chi connectivity index (χ0n) is 12.4. The van der Waals surface area contributed by atoms with Crippen LogP contribution in [0.4, 0.5) is 0 Å². The first-order chi connectivity index (χ1) is 10.7. The van der Waals surface area contributed by atoms with Crippen LogP contribution in [0, 0.1) is 22.7 Å². The van der Waals surface area contributed by atoms with Crippen molar-refractivity contribution in [3.8, 4) is 23.6 Å². The van der Waals surface area contributed by atoms with E-state index in [0.717, 1.165) is 10.5 Å². The molecule has 6 nitrogen and oxygen atoms in total. The number of allylic oxidation sites excluding steroid dienone is 1. The fraction of sp³-hybridized carbons (Fsp3) is 0.312. The lowest BCUT2D eigenvalue weighted by Crippen LogP contribution is -2.35. The maximum Gasteiger partial charge on any atom is 0.262 e. The number of carbonyl (C=O) groups excluding carboxylic acids is 1. The summed E-state index contributed by atoms with van der Waals surface area (Å²) in [6.45, 7) is 3.11. The predicted octanol–water partition coefficient (Wildman–Crippen LogP) is 1.68. The lowest BCUT2D eigenvalue weighted by atomic mass is 10.1. The van der Waals surface area contributed by atoms with Crippen molar-refractivity contribution in [2.24, 2.45) is 0 Å². The molecule has 0 unspecified atom stereocenters. The SMILES string of the molecule is C=CCc1ccc(OCC(=O)N(CC#N)CC#N)c(OC)c1. The Labute approximate surface area is 129 Å². The highest BCUT2D eigenvalue weighted by atomic mass is 16.5. The van der Waals surface area contributed by atoms with Gasteiger partial charge < -0.3 is 14.4 Å². The van der Waals surface area contributed by atoms with Crippen molar-refractivity contribution in [2.75, 3.05) is 26.8 Å². The van der Waals surface area contributed by atoms with E-state index in [1.807, 2.05) is 24.3 Å². The van der Waals surface area contributed by atoms with Crippen LogP contribution in [0.25, 0.3) is 0 Å². The first-order valence-corrected chi connectivity index (χ1v) is 6.58. The van der Waals surface area contributed by atoms with Gasteiger partial charge in [-0.25, -0.2) is 0 Å². The molecule has 0 aliphatic carbocycles. The first kappa shape index (κ1) is 17.1. The van der Waals surface area contributed by atoms with Gasteiger partial charge in [-0.3, -0.25) is 4.79 Å². The van der Waals surface area contributed by atoms with Crippen LogP contribution in [0.5, 0.6) is 11.5 Å². The number of rotatable bonds is 8. The summed E-state index contributed by atoms with van der Waals surface area (Å²) in [7, 11) is 1.51. The Morgan fingerprint density at radius 1 is 1.32 bits per heavy atom. The molecular formula is C16H17N3O3. The molecule has 0 fully saturated rings. The average molecular weight is 299 g/mol. The fourth-order valence-electron chi connectivity index (χ4n) is 1.76. The number of methoxy groups -OCH3 is 1. The van der Waals surface area contributed by atoms with Gasteiger partial charge in [-0.2, -0.15) is 10.5 Å². The van der Waals surface area contributed by atoms with Gasteiger partial charge in [0.15, 0.2) is 18.1 Å². The maximum atomic E-state index is 11.9. The van der Waals surface area contributed by atoms with Gasteiger partial charge in [0.05, 0.1) is 19.2 Å². The summed E-state index contributed by atoms with van der Waals surface area (Å²) in [5.74, 6) is 0.511. The number of hydrogen-bond acceptors (Lipinski definition) is 5. The summed E-state index contributed by atoms with van der Waals surface area (Å²) in [6.07, 6.45) is 2.48. The molecule has 0 N–H and O–H groups in total. The van der Waals surface area contributed by atoms with Crippen LogP contribution in [0.2, 0.25) is 0 Å². The van der Waals surface area contributed by atoms with Crippen molar-refractivity contribution < 1.29 is 14.3 Å². The van der Waals surface area contributed by atoms with E-state index in [2.05, 4.69) is 6.58 Å². The Hall–Kier alpha value is -2.99. The molecule has 0 spiro atoms. The third kappa shape index (κ3) is 4.84. The Kier molecular flexibility index (Phi) is 7.01. The minimum Gasteiger partial charge on any atom is -0.493 e. The van der Waals surface area contributed by atoms with Gasteiger partial charge in [-0.15, -0.1) is 6.58 Å². The predicted molar refractivity (Wildman–Crippen MR) is 80.2 cm³/mol. The summed E-state index contributed by atoms with van der Waals surface area (Å²) in [6, 6.07) is 9.06. The van der Waals surface area contributed by atoms with E-state index >= 15 is 0 Å². The van der Waals surface area contributed by atoms with Crippen LogP contribution < -0.4 is 9.47 Å². The van der Waals surface area contributed by atoms with Crippen LogP contribution in [0.1, 0.15) is 5.56 Å². The van der Waals surface area contributed by atoms with Crippen LogP contribution in [0.15, 0.2) is 30.9 Å². The highest BCUT2D eigenvalue weighted by molar-refractivity contribution is 5.78. The van der Waals surface area contributed by atoms with E-state index in [1.54, 1.807) is 12.1 Å². The van der Waals surface area contributed by atoms with Gasteiger partial charge in [-0.05, 0) is 24.1 Å². The summed E-state index contributed by atoms with van der Waals surface area (Å²) in [5.41, 5.74) is 1.01. The van der Waals surface area contributed by atoms with E-state index in [1.165, 1.54) is 7.11 Å². The second kappa shape index (κ2) is 9.04. The van der Waals surface area contributed by atoms with Gasteiger partial charge in [0.2, 0.25) is 0 Å². The second-order valence-corrected chi connectivity index (χ2v) is 4.33. The lowest BCUT2D eigenvalue weighted by molar-refractivity contribution is -0.132. The van der Waals surface area contributed by atoms with Crippen LogP contribution in [-0.2, 0) is 11.2 Å².